The van der Waals surface area contributed by atoms with Gasteiger partial charge in [0.2, 0.25) is 0 Å². The van der Waals surface area contributed by atoms with Crippen LogP contribution in [0.15, 0.2) is 4.99 Å². The van der Waals surface area contributed by atoms with Crippen molar-refractivity contribution in [1.29, 1.82) is 0 Å². The molecule has 0 bridgehead atoms. The maximum absolute atomic E-state index is 4.33. The fraction of sp³-hybridized carbons (Fsp3) is 0.938. The summed E-state index contributed by atoms with van der Waals surface area (Å²) in [6, 6.07) is 0. The number of hydrogen-bond acceptors (Lipinski definition) is 2. The second kappa shape index (κ2) is 9.18. The molecule has 5 heteroatoms. The molecular formula is C16H33IN4. The third-order valence-electron chi connectivity index (χ3n) is 4.67. The Morgan fingerprint density at radius 3 is 2.38 bits per heavy atom. The molecule has 21 heavy (non-hydrogen) atoms. The number of guanidine groups is 1. The van der Waals surface area contributed by atoms with Gasteiger partial charge in [-0.3, -0.25) is 9.89 Å². The van der Waals surface area contributed by atoms with Crippen LogP contribution < -0.4 is 10.6 Å². The summed E-state index contributed by atoms with van der Waals surface area (Å²) >= 11 is 0. The van der Waals surface area contributed by atoms with Gasteiger partial charge in [-0.2, -0.15) is 0 Å². The van der Waals surface area contributed by atoms with E-state index in [9.17, 15) is 0 Å². The molecule has 124 valence electrons. The molecular weight excluding hydrogens is 375 g/mol. The van der Waals surface area contributed by atoms with E-state index >= 15 is 0 Å². The first-order chi connectivity index (χ1) is 9.62. The number of aliphatic imine (C=N–C) groups is 1. The van der Waals surface area contributed by atoms with Crippen molar-refractivity contribution in [3.8, 4) is 0 Å². The molecule has 0 aromatic rings. The van der Waals surface area contributed by atoms with Crippen LogP contribution in [0, 0.1) is 5.92 Å². The Kier molecular flexibility index (Phi) is 8.31. The summed E-state index contributed by atoms with van der Waals surface area (Å²) in [5.41, 5.74) is 0.203. The molecule has 4 nitrogen and oxygen atoms in total. The van der Waals surface area contributed by atoms with Crippen LogP contribution in [0.4, 0.5) is 0 Å². The molecule has 1 aliphatic carbocycles. The van der Waals surface area contributed by atoms with E-state index in [0.717, 1.165) is 25.0 Å². The predicted molar refractivity (Wildman–Crippen MR) is 102 cm³/mol. The Bertz CT molecular complexity index is 320. The number of rotatable bonds is 6. The molecule has 1 heterocycles. The summed E-state index contributed by atoms with van der Waals surface area (Å²) in [4.78, 5) is 6.94. The smallest absolute Gasteiger partial charge is 0.191 e. The van der Waals surface area contributed by atoms with E-state index in [1.54, 1.807) is 0 Å². The van der Waals surface area contributed by atoms with E-state index in [0.29, 0.717) is 0 Å². The summed E-state index contributed by atoms with van der Waals surface area (Å²) in [5.74, 6) is 1.93. The van der Waals surface area contributed by atoms with Gasteiger partial charge in [-0.25, -0.2) is 0 Å². The highest BCUT2D eigenvalue weighted by Gasteiger charge is 2.28. The minimum Gasteiger partial charge on any atom is -0.356 e. The van der Waals surface area contributed by atoms with Gasteiger partial charge in [-0.1, -0.05) is 19.3 Å². The van der Waals surface area contributed by atoms with Gasteiger partial charge in [-0.05, 0) is 52.1 Å². The van der Waals surface area contributed by atoms with Gasteiger partial charge in [0.25, 0.3) is 0 Å². The lowest BCUT2D eigenvalue weighted by Gasteiger charge is -2.41. The first kappa shape index (κ1) is 19.0. The van der Waals surface area contributed by atoms with Crippen molar-refractivity contribution >= 4 is 29.9 Å². The van der Waals surface area contributed by atoms with Gasteiger partial charge in [0.05, 0.1) is 0 Å². The average molecular weight is 408 g/mol. The monoisotopic (exact) mass is 408 g/mol. The van der Waals surface area contributed by atoms with Gasteiger partial charge in [0.1, 0.15) is 0 Å². The molecule has 0 radical (unpaired) electrons. The van der Waals surface area contributed by atoms with E-state index in [4.69, 9.17) is 0 Å². The summed E-state index contributed by atoms with van der Waals surface area (Å²) in [6.45, 7) is 9.15. The molecule has 0 atom stereocenters. The second-order valence-electron chi connectivity index (χ2n) is 6.94. The first-order valence-electron chi connectivity index (χ1n) is 8.31. The lowest BCUT2D eigenvalue weighted by atomic mass is 9.98. The number of likely N-dealkylation sites (tertiary alicyclic amines) is 1. The SMILES string of the molecule is CN=C(NCCC1CC1)NCC(C)(C)N1CCCCC1.I. The van der Waals surface area contributed by atoms with E-state index in [1.165, 1.54) is 51.6 Å². The van der Waals surface area contributed by atoms with Crippen LogP contribution in [0.5, 0.6) is 0 Å². The van der Waals surface area contributed by atoms with Gasteiger partial charge in [0, 0.05) is 25.7 Å². The van der Waals surface area contributed by atoms with Crippen molar-refractivity contribution in [1.82, 2.24) is 15.5 Å². The van der Waals surface area contributed by atoms with Crippen molar-refractivity contribution in [3.05, 3.63) is 0 Å². The van der Waals surface area contributed by atoms with E-state index in [-0.39, 0.29) is 29.5 Å². The zero-order valence-corrected chi connectivity index (χ0v) is 16.3. The summed E-state index contributed by atoms with van der Waals surface area (Å²) in [7, 11) is 1.86. The van der Waals surface area contributed by atoms with E-state index in [1.807, 2.05) is 7.05 Å². The fourth-order valence-corrected chi connectivity index (χ4v) is 2.93. The highest BCUT2D eigenvalue weighted by Crippen LogP contribution is 2.31. The molecule has 2 fully saturated rings. The zero-order chi connectivity index (χ0) is 14.4. The molecule has 0 unspecified atom stereocenters. The van der Waals surface area contributed by atoms with Gasteiger partial charge >= 0.3 is 0 Å². The Hall–Kier alpha value is -0.0400. The number of nitrogens with one attached hydrogen (secondary N) is 2. The Morgan fingerprint density at radius 1 is 1.14 bits per heavy atom. The molecule has 0 aromatic heterocycles. The highest BCUT2D eigenvalue weighted by molar-refractivity contribution is 14.0. The zero-order valence-electron chi connectivity index (χ0n) is 14.0. The summed E-state index contributed by atoms with van der Waals surface area (Å²) in [5, 5.41) is 6.93. The third-order valence-corrected chi connectivity index (χ3v) is 4.67. The summed E-state index contributed by atoms with van der Waals surface area (Å²) < 4.78 is 0. The van der Waals surface area contributed by atoms with Crippen molar-refractivity contribution < 1.29 is 0 Å². The van der Waals surface area contributed by atoms with Crippen LogP contribution in [-0.4, -0.2) is 49.6 Å². The maximum Gasteiger partial charge on any atom is 0.191 e. The molecule has 1 saturated carbocycles. The van der Waals surface area contributed by atoms with Crippen molar-refractivity contribution in [2.24, 2.45) is 10.9 Å². The highest BCUT2D eigenvalue weighted by atomic mass is 127. The molecule has 0 spiro atoms. The van der Waals surface area contributed by atoms with Crippen molar-refractivity contribution in [2.75, 3.05) is 33.2 Å². The largest absolute Gasteiger partial charge is 0.356 e. The Labute approximate surface area is 147 Å². The van der Waals surface area contributed by atoms with E-state index in [2.05, 4.69) is 34.4 Å². The number of nitrogens with zero attached hydrogens (tertiary/aromatic N) is 2. The summed E-state index contributed by atoms with van der Waals surface area (Å²) in [6.07, 6.45) is 8.22. The van der Waals surface area contributed by atoms with Crippen molar-refractivity contribution in [2.45, 2.75) is 57.9 Å². The molecule has 0 aromatic carbocycles. The molecule has 0 amide bonds. The van der Waals surface area contributed by atoms with Crippen LogP contribution in [0.2, 0.25) is 0 Å². The lowest BCUT2D eigenvalue weighted by Crippen LogP contribution is -2.54. The minimum absolute atomic E-state index is 0. The predicted octanol–water partition coefficient (Wildman–Crippen LogP) is 2.83. The molecule has 2 aliphatic rings. The molecule has 1 aliphatic heterocycles. The van der Waals surface area contributed by atoms with Crippen molar-refractivity contribution in [3.63, 3.8) is 0 Å². The maximum atomic E-state index is 4.33. The second-order valence-corrected chi connectivity index (χ2v) is 6.94. The molecule has 2 rings (SSSR count). The van der Waals surface area contributed by atoms with Crippen LogP contribution >= 0.6 is 24.0 Å². The van der Waals surface area contributed by atoms with Gasteiger partial charge < -0.3 is 10.6 Å². The van der Waals surface area contributed by atoms with Crippen LogP contribution in [0.1, 0.15) is 52.4 Å². The molecule has 2 N–H and O–H groups in total. The standard InChI is InChI=1S/C16H32N4.HI/c1-16(2,20-11-5-4-6-12-20)13-19-15(17-3)18-10-9-14-7-8-14;/h14H,4-13H2,1-3H3,(H2,17,18,19);1H. The average Bonchev–Trinajstić information content (AvgIpc) is 3.28. The quantitative estimate of drug-likeness (QED) is 0.404. The number of halogens is 1. The fourth-order valence-electron chi connectivity index (χ4n) is 2.93. The van der Waals surface area contributed by atoms with Gasteiger partial charge in [-0.15, -0.1) is 24.0 Å². The Balaban J connectivity index is 0.00000220. The lowest BCUT2D eigenvalue weighted by molar-refractivity contribution is 0.0982. The number of hydrogen-bond donors (Lipinski definition) is 2. The molecule has 1 saturated heterocycles. The normalized spacial score (nSPS) is 20.8. The topological polar surface area (TPSA) is 39.7 Å². The number of piperidine rings is 1. The Morgan fingerprint density at radius 2 is 1.81 bits per heavy atom. The van der Waals surface area contributed by atoms with Crippen LogP contribution in [0.3, 0.4) is 0 Å². The van der Waals surface area contributed by atoms with Crippen LogP contribution in [0.25, 0.3) is 0 Å². The minimum atomic E-state index is 0. The van der Waals surface area contributed by atoms with Crippen LogP contribution in [-0.2, 0) is 0 Å². The van der Waals surface area contributed by atoms with Gasteiger partial charge in [0.15, 0.2) is 5.96 Å². The first-order valence-corrected chi connectivity index (χ1v) is 8.31. The third kappa shape index (κ3) is 6.72. The van der Waals surface area contributed by atoms with E-state index < -0.39 is 0 Å².